The number of hydrogen-bond acceptors (Lipinski definition) is 6. The monoisotopic (exact) mass is 619 g/mol. The molecule has 3 heterocycles. The van der Waals surface area contributed by atoms with E-state index >= 15 is 0 Å². The molecule has 2 amide bonds. The van der Waals surface area contributed by atoms with E-state index in [1.54, 1.807) is 13.1 Å². The number of carbonyl (C=O) groups excluding carboxylic acids is 2. The van der Waals surface area contributed by atoms with E-state index in [0.29, 0.717) is 29.4 Å². The van der Waals surface area contributed by atoms with Crippen molar-refractivity contribution in [1.29, 1.82) is 0 Å². The van der Waals surface area contributed by atoms with E-state index < -0.39 is 11.5 Å². The fraction of sp³-hybridized carbons (Fsp3) is 0.600. The topological polar surface area (TPSA) is 100 Å². The van der Waals surface area contributed by atoms with Crippen LogP contribution in [0.15, 0.2) is 24.4 Å². The molecule has 0 unspecified atom stereocenters. The van der Waals surface area contributed by atoms with Crippen LogP contribution in [0.3, 0.4) is 0 Å². The zero-order chi connectivity index (χ0) is 31.5. The summed E-state index contributed by atoms with van der Waals surface area (Å²) in [5.41, 5.74) is 0.849. The second-order valence-corrected chi connectivity index (χ2v) is 14.7. The smallest absolute Gasteiger partial charge is 0.348 e. The van der Waals surface area contributed by atoms with Gasteiger partial charge >= 0.3 is 5.97 Å². The molecule has 0 spiro atoms. The van der Waals surface area contributed by atoms with E-state index in [0.717, 1.165) is 87.7 Å². The van der Waals surface area contributed by atoms with Gasteiger partial charge in [0.05, 0.1) is 16.1 Å². The summed E-state index contributed by atoms with van der Waals surface area (Å²) in [6, 6.07) is 5.71. The number of aromatic nitrogens is 1. The molecule has 8 nitrogen and oxygen atoms in total. The predicted molar refractivity (Wildman–Crippen MR) is 172 cm³/mol. The summed E-state index contributed by atoms with van der Waals surface area (Å²) in [5.74, 6) is 6.29. The number of rotatable bonds is 8. The van der Waals surface area contributed by atoms with Crippen molar-refractivity contribution in [3.8, 4) is 17.7 Å². The third kappa shape index (κ3) is 7.28. The van der Waals surface area contributed by atoms with Crippen molar-refractivity contribution in [2.75, 3.05) is 11.4 Å². The molecule has 2 aromatic heterocycles. The summed E-state index contributed by atoms with van der Waals surface area (Å²) >= 11 is 1.16. The van der Waals surface area contributed by atoms with E-state index in [4.69, 9.17) is 4.74 Å². The Morgan fingerprint density at radius 1 is 1.14 bits per heavy atom. The summed E-state index contributed by atoms with van der Waals surface area (Å²) in [6.45, 7) is 9.04. The van der Waals surface area contributed by atoms with Gasteiger partial charge in [0.2, 0.25) is 17.7 Å². The predicted octanol–water partition coefficient (Wildman–Crippen LogP) is 7.05. The minimum absolute atomic E-state index is 0.0335. The average molecular weight is 620 g/mol. The molecular weight excluding hydrogens is 574 g/mol. The highest BCUT2D eigenvalue weighted by Crippen LogP contribution is 2.49. The molecule has 2 aliphatic carbocycles. The summed E-state index contributed by atoms with van der Waals surface area (Å²) in [4.78, 5) is 47.0. The number of likely N-dealkylation sites (tertiary alicyclic amines) is 1. The van der Waals surface area contributed by atoms with Crippen molar-refractivity contribution >= 4 is 34.8 Å². The maximum Gasteiger partial charge on any atom is 0.348 e. The van der Waals surface area contributed by atoms with Crippen LogP contribution in [0, 0.1) is 23.2 Å². The highest BCUT2D eigenvalue weighted by atomic mass is 32.1. The SMILES string of the molecule is CC(=O)N(c1cc(C#CC(C)(C)C)sc1C(=O)O)C1(C2CCC(Oc3ccc(CN4CCCC4=O)cn3)CC2)CCCCC1. The number of aromatic carboxylic acids is 1. The number of amides is 2. The van der Waals surface area contributed by atoms with Crippen molar-refractivity contribution in [2.45, 2.75) is 117 Å². The Labute approximate surface area is 265 Å². The Balaban J connectivity index is 1.32. The van der Waals surface area contributed by atoms with Crippen molar-refractivity contribution in [2.24, 2.45) is 11.3 Å². The van der Waals surface area contributed by atoms with E-state index in [-0.39, 0.29) is 34.1 Å². The number of hydrogen-bond donors (Lipinski definition) is 1. The van der Waals surface area contributed by atoms with Crippen molar-refractivity contribution in [3.63, 3.8) is 0 Å². The quantitative estimate of drug-likeness (QED) is 0.318. The number of thiophene rings is 1. The Bertz CT molecular complexity index is 1420. The summed E-state index contributed by atoms with van der Waals surface area (Å²) in [5, 5.41) is 10.2. The number of carboxylic acids is 1. The molecule has 2 saturated carbocycles. The zero-order valence-corrected chi connectivity index (χ0v) is 27.3. The molecular formula is C35H45N3O5S. The van der Waals surface area contributed by atoms with Crippen LogP contribution in [0.25, 0.3) is 0 Å². The number of carbonyl (C=O) groups is 3. The molecule has 0 aromatic carbocycles. The summed E-state index contributed by atoms with van der Waals surface area (Å²) in [7, 11) is 0. The lowest BCUT2D eigenvalue weighted by atomic mass is 9.66. The van der Waals surface area contributed by atoms with Gasteiger partial charge in [-0.05, 0) is 83.3 Å². The fourth-order valence-corrected chi connectivity index (χ4v) is 8.10. The first-order valence-electron chi connectivity index (χ1n) is 16.1. The first-order valence-corrected chi connectivity index (χ1v) is 16.9. The maximum atomic E-state index is 13.5. The second kappa shape index (κ2) is 13.3. The molecule has 1 N–H and O–H groups in total. The van der Waals surface area contributed by atoms with E-state index in [9.17, 15) is 19.5 Å². The highest BCUT2D eigenvalue weighted by Gasteiger charge is 2.48. The third-order valence-electron chi connectivity index (χ3n) is 9.25. The molecule has 0 atom stereocenters. The Morgan fingerprint density at radius 3 is 2.43 bits per heavy atom. The van der Waals surface area contributed by atoms with Crippen LogP contribution in [0.4, 0.5) is 5.69 Å². The first kappa shape index (κ1) is 32.0. The largest absolute Gasteiger partial charge is 0.477 e. The molecule has 1 aliphatic heterocycles. The minimum Gasteiger partial charge on any atom is -0.477 e. The van der Waals surface area contributed by atoms with Gasteiger partial charge in [-0.1, -0.05) is 37.2 Å². The van der Waals surface area contributed by atoms with Crippen molar-refractivity contribution in [3.05, 3.63) is 39.7 Å². The fourth-order valence-electron chi connectivity index (χ4n) is 7.27. The number of pyridine rings is 1. The molecule has 1 saturated heterocycles. The van der Waals surface area contributed by atoms with E-state index in [1.165, 1.54) is 0 Å². The molecule has 2 aromatic rings. The van der Waals surface area contributed by atoms with Gasteiger partial charge in [-0.15, -0.1) is 11.3 Å². The summed E-state index contributed by atoms with van der Waals surface area (Å²) in [6.07, 6.45) is 11.8. The number of carboxylic acid groups (broad SMARTS) is 1. The second-order valence-electron chi connectivity index (χ2n) is 13.7. The summed E-state index contributed by atoms with van der Waals surface area (Å²) < 4.78 is 6.31. The zero-order valence-electron chi connectivity index (χ0n) is 26.5. The lowest BCUT2D eigenvalue weighted by Gasteiger charge is -2.52. The molecule has 5 rings (SSSR count). The molecule has 3 aliphatic rings. The molecule has 9 heteroatoms. The minimum atomic E-state index is -1.02. The van der Waals surface area contributed by atoms with Gasteiger partial charge in [-0.2, -0.15) is 0 Å². The number of ether oxygens (including phenoxy) is 1. The van der Waals surface area contributed by atoms with Gasteiger partial charge in [0.25, 0.3) is 0 Å². The van der Waals surface area contributed by atoms with Crippen LogP contribution in [0.2, 0.25) is 0 Å². The Hall–Kier alpha value is -3.38. The molecule has 236 valence electrons. The van der Waals surface area contributed by atoms with Gasteiger partial charge in [0.15, 0.2) is 0 Å². The van der Waals surface area contributed by atoms with Crippen LogP contribution in [0.5, 0.6) is 5.88 Å². The van der Waals surface area contributed by atoms with E-state index in [1.807, 2.05) is 48.8 Å². The van der Waals surface area contributed by atoms with E-state index in [2.05, 4.69) is 16.8 Å². The number of anilines is 1. The van der Waals surface area contributed by atoms with Crippen LogP contribution in [0.1, 0.15) is 118 Å². The normalized spacial score (nSPS) is 21.8. The molecule has 3 fully saturated rings. The van der Waals surface area contributed by atoms with Crippen LogP contribution >= 0.6 is 11.3 Å². The molecule has 0 bridgehead atoms. The standard InChI is InChI=1S/C35H45N3O5S/c1-24(39)38(29-21-28(16-19-34(2,3)4)44-32(29)33(41)42)35(17-6-5-7-18-35)26-11-13-27(14-12-26)43-30-15-10-25(22-36-30)23-37-20-8-9-31(37)40/h10,15,21-22,26-27H,5-9,11-14,17-18,20,23H2,1-4H3,(H,41,42). The van der Waals surface area contributed by atoms with Gasteiger partial charge < -0.3 is 19.6 Å². The maximum absolute atomic E-state index is 13.5. The number of nitrogens with zero attached hydrogens (tertiary/aromatic N) is 3. The van der Waals surface area contributed by atoms with Crippen LogP contribution in [-0.4, -0.2) is 51.0 Å². The van der Waals surface area contributed by atoms with Crippen molar-refractivity contribution in [1.82, 2.24) is 9.88 Å². The third-order valence-corrected chi connectivity index (χ3v) is 10.3. The van der Waals surface area contributed by atoms with Crippen LogP contribution in [-0.2, 0) is 16.1 Å². The van der Waals surface area contributed by atoms with Gasteiger partial charge in [-0.3, -0.25) is 9.59 Å². The Kier molecular flexibility index (Phi) is 9.69. The van der Waals surface area contributed by atoms with Crippen molar-refractivity contribution < 1.29 is 24.2 Å². The average Bonchev–Trinajstić information content (AvgIpc) is 3.59. The van der Waals surface area contributed by atoms with Crippen LogP contribution < -0.4 is 9.64 Å². The molecule has 44 heavy (non-hydrogen) atoms. The lowest BCUT2D eigenvalue weighted by Crippen LogP contribution is -2.58. The van der Waals surface area contributed by atoms with Gasteiger partial charge in [0.1, 0.15) is 11.0 Å². The highest BCUT2D eigenvalue weighted by molar-refractivity contribution is 7.15. The molecule has 0 radical (unpaired) electrons. The van der Waals surface area contributed by atoms with Gasteiger partial charge in [0, 0.05) is 44.1 Å². The first-order chi connectivity index (χ1) is 20.9. The Morgan fingerprint density at radius 2 is 1.86 bits per heavy atom. The van der Waals surface area contributed by atoms with Gasteiger partial charge in [-0.25, -0.2) is 9.78 Å². The lowest BCUT2D eigenvalue weighted by molar-refractivity contribution is -0.128.